The smallest absolute Gasteiger partial charge is 0.254 e. The molecule has 5 saturated carbocycles. The van der Waals surface area contributed by atoms with Gasteiger partial charge in [0.2, 0.25) is 5.95 Å². The van der Waals surface area contributed by atoms with E-state index in [1.54, 1.807) is 20.0 Å². The van der Waals surface area contributed by atoms with Crippen molar-refractivity contribution < 1.29 is 15.0 Å². The SMILES string of the molecule is CC(C)(O)CNc1ncc(C(=O)NC2C3CC4CC2CC(O)(C4)C3)c(C2CCCC2)n1. The number of hydrogen-bond donors (Lipinski definition) is 4. The largest absolute Gasteiger partial charge is 0.390 e. The Bertz CT molecular complexity index is 830. The van der Waals surface area contributed by atoms with Crippen molar-refractivity contribution in [2.24, 2.45) is 17.8 Å². The monoisotopic (exact) mass is 428 g/mol. The molecule has 7 nitrogen and oxygen atoms in total. The van der Waals surface area contributed by atoms with Gasteiger partial charge in [0.25, 0.3) is 5.91 Å². The second-order valence-corrected chi connectivity index (χ2v) is 11.3. The molecule has 5 aliphatic carbocycles. The molecular weight excluding hydrogens is 392 g/mol. The molecule has 0 aliphatic heterocycles. The first-order chi connectivity index (χ1) is 14.7. The van der Waals surface area contributed by atoms with Gasteiger partial charge in [0.1, 0.15) is 0 Å². The summed E-state index contributed by atoms with van der Waals surface area (Å²) >= 11 is 0. The number of nitrogens with zero attached hydrogens (tertiary/aromatic N) is 2. The van der Waals surface area contributed by atoms with Gasteiger partial charge in [-0.25, -0.2) is 9.97 Å². The van der Waals surface area contributed by atoms with Gasteiger partial charge in [-0.05, 0) is 76.5 Å². The van der Waals surface area contributed by atoms with Gasteiger partial charge in [0.05, 0.1) is 22.5 Å². The lowest BCUT2D eigenvalue weighted by molar-refractivity contribution is -0.136. The van der Waals surface area contributed by atoms with Crippen molar-refractivity contribution in [3.8, 4) is 0 Å². The summed E-state index contributed by atoms with van der Waals surface area (Å²) in [5.74, 6) is 2.06. The fourth-order valence-corrected chi connectivity index (χ4v) is 6.91. The minimum absolute atomic E-state index is 0.0691. The quantitative estimate of drug-likeness (QED) is 0.555. The number of amides is 1. The molecule has 5 aliphatic rings. The van der Waals surface area contributed by atoms with Gasteiger partial charge in [-0.3, -0.25) is 4.79 Å². The molecule has 1 heterocycles. The maximum absolute atomic E-state index is 13.4. The Kier molecular flexibility index (Phi) is 5.25. The van der Waals surface area contributed by atoms with E-state index in [9.17, 15) is 15.0 Å². The minimum Gasteiger partial charge on any atom is -0.390 e. The van der Waals surface area contributed by atoms with Crippen LogP contribution in [0.4, 0.5) is 5.95 Å². The third-order valence-corrected chi connectivity index (χ3v) is 8.02. The number of anilines is 1. The van der Waals surface area contributed by atoms with E-state index in [-0.39, 0.29) is 17.9 Å². The molecule has 31 heavy (non-hydrogen) atoms. The van der Waals surface area contributed by atoms with Gasteiger partial charge in [0.15, 0.2) is 0 Å². The Labute approximate surface area is 184 Å². The van der Waals surface area contributed by atoms with E-state index in [4.69, 9.17) is 4.98 Å². The Morgan fingerprint density at radius 1 is 1.19 bits per heavy atom. The predicted octanol–water partition coefficient (Wildman–Crippen LogP) is 2.99. The van der Waals surface area contributed by atoms with Crippen LogP contribution in [0.5, 0.6) is 0 Å². The van der Waals surface area contributed by atoms with Gasteiger partial charge < -0.3 is 20.8 Å². The van der Waals surface area contributed by atoms with Crippen LogP contribution in [-0.2, 0) is 0 Å². The molecule has 2 unspecified atom stereocenters. The summed E-state index contributed by atoms with van der Waals surface area (Å²) in [6.45, 7) is 3.82. The lowest BCUT2D eigenvalue weighted by atomic mass is 9.52. The zero-order valence-corrected chi connectivity index (χ0v) is 18.7. The fraction of sp³-hybridized carbons (Fsp3) is 0.792. The standard InChI is InChI=1S/C24H36N4O3/c1-23(2,30)13-26-22-25-12-18(20(28-22)15-5-3-4-6-15)21(29)27-19-16-7-14-8-17(19)11-24(31,9-14)10-16/h12,14-17,19,30-31H,3-11,13H2,1-2H3,(H,27,29)(H,25,26,28). The van der Waals surface area contributed by atoms with Crippen LogP contribution in [-0.4, -0.2) is 49.9 Å². The van der Waals surface area contributed by atoms with Crippen molar-refractivity contribution in [2.75, 3.05) is 11.9 Å². The number of carbonyl (C=O) groups excluding carboxylic acids is 1. The van der Waals surface area contributed by atoms with Gasteiger partial charge >= 0.3 is 0 Å². The second-order valence-electron chi connectivity index (χ2n) is 11.3. The van der Waals surface area contributed by atoms with E-state index in [0.29, 0.717) is 35.8 Å². The molecule has 0 spiro atoms. The normalized spacial score (nSPS) is 34.8. The molecule has 4 bridgehead atoms. The highest BCUT2D eigenvalue weighted by molar-refractivity contribution is 5.95. The van der Waals surface area contributed by atoms with Crippen LogP contribution in [0.1, 0.15) is 93.6 Å². The average Bonchev–Trinajstić information content (AvgIpc) is 3.22. The first-order valence-electron chi connectivity index (χ1n) is 12.1. The topological polar surface area (TPSA) is 107 Å². The highest BCUT2D eigenvalue weighted by atomic mass is 16.3. The van der Waals surface area contributed by atoms with E-state index in [2.05, 4.69) is 15.6 Å². The first-order valence-corrected chi connectivity index (χ1v) is 12.1. The first kappa shape index (κ1) is 21.1. The number of carbonyl (C=O) groups is 1. The lowest BCUT2D eigenvalue weighted by Gasteiger charge is -2.58. The van der Waals surface area contributed by atoms with Gasteiger partial charge in [-0.15, -0.1) is 0 Å². The second kappa shape index (κ2) is 7.69. The number of aromatic nitrogens is 2. The number of nitrogens with one attached hydrogen (secondary N) is 2. The maximum Gasteiger partial charge on any atom is 0.254 e. The number of hydrogen-bond acceptors (Lipinski definition) is 6. The third kappa shape index (κ3) is 4.31. The molecule has 1 aromatic heterocycles. The van der Waals surface area contributed by atoms with Crippen LogP contribution in [0.2, 0.25) is 0 Å². The van der Waals surface area contributed by atoms with Crippen LogP contribution >= 0.6 is 0 Å². The maximum atomic E-state index is 13.4. The molecule has 6 rings (SSSR count). The molecule has 4 N–H and O–H groups in total. The summed E-state index contributed by atoms with van der Waals surface area (Å²) in [6.07, 6.45) is 10.9. The van der Waals surface area contributed by atoms with Crippen molar-refractivity contribution in [1.82, 2.24) is 15.3 Å². The van der Waals surface area contributed by atoms with Crippen LogP contribution in [0.15, 0.2) is 6.20 Å². The zero-order valence-electron chi connectivity index (χ0n) is 18.7. The van der Waals surface area contributed by atoms with E-state index in [1.807, 2.05) is 0 Å². The van der Waals surface area contributed by atoms with Crippen LogP contribution in [0.3, 0.4) is 0 Å². The Balaban J connectivity index is 1.35. The third-order valence-electron chi connectivity index (χ3n) is 8.02. The average molecular weight is 429 g/mol. The summed E-state index contributed by atoms with van der Waals surface area (Å²) in [7, 11) is 0. The fourth-order valence-electron chi connectivity index (χ4n) is 6.91. The Morgan fingerprint density at radius 2 is 1.87 bits per heavy atom. The molecule has 7 heteroatoms. The molecule has 1 amide bonds. The molecule has 0 aromatic carbocycles. The van der Waals surface area contributed by atoms with Gasteiger partial charge in [-0.1, -0.05) is 12.8 Å². The highest BCUT2D eigenvalue weighted by Gasteiger charge is 2.55. The van der Waals surface area contributed by atoms with E-state index in [0.717, 1.165) is 63.5 Å². The molecule has 1 aromatic rings. The Morgan fingerprint density at radius 3 is 2.48 bits per heavy atom. The summed E-state index contributed by atoms with van der Waals surface area (Å²) in [4.78, 5) is 22.5. The van der Waals surface area contributed by atoms with Crippen LogP contribution < -0.4 is 10.6 Å². The molecule has 0 radical (unpaired) electrons. The van der Waals surface area contributed by atoms with E-state index >= 15 is 0 Å². The van der Waals surface area contributed by atoms with Gasteiger partial charge in [0, 0.05) is 24.7 Å². The predicted molar refractivity (Wildman–Crippen MR) is 118 cm³/mol. The zero-order chi connectivity index (χ0) is 21.8. The van der Waals surface area contributed by atoms with E-state index < -0.39 is 11.2 Å². The van der Waals surface area contributed by atoms with Gasteiger partial charge in [-0.2, -0.15) is 0 Å². The summed E-state index contributed by atoms with van der Waals surface area (Å²) < 4.78 is 0. The number of rotatable bonds is 6. The van der Waals surface area contributed by atoms with Crippen molar-refractivity contribution in [2.45, 2.75) is 94.8 Å². The summed E-state index contributed by atoms with van der Waals surface area (Å²) in [5.41, 5.74) is 0.0686. The van der Waals surface area contributed by atoms with Crippen molar-refractivity contribution in [3.63, 3.8) is 0 Å². The molecule has 5 fully saturated rings. The van der Waals surface area contributed by atoms with Crippen LogP contribution in [0.25, 0.3) is 0 Å². The molecular formula is C24H36N4O3. The Hall–Kier alpha value is -1.73. The molecule has 0 saturated heterocycles. The van der Waals surface area contributed by atoms with Crippen LogP contribution in [0, 0.1) is 17.8 Å². The minimum atomic E-state index is -0.865. The summed E-state index contributed by atoms with van der Waals surface area (Å²) in [5, 5.41) is 27.3. The van der Waals surface area contributed by atoms with Crippen molar-refractivity contribution in [1.29, 1.82) is 0 Å². The van der Waals surface area contributed by atoms with Crippen molar-refractivity contribution >= 4 is 11.9 Å². The summed E-state index contributed by atoms with van der Waals surface area (Å²) in [6, 6.07) is 0.147. The molecule has 170 valence electrons. The molecule has 2 atom stereocenters. The highest BCUT2D eigenvalue weighted by Crippen LogP contribution is 2.55. The number of aliphatic hydroxyl groups is 2. The lowest BCUT2D eigenvalue weighted by Crippen LogP contribution is -2.61. The van der Waals surface area contributed by atoms with E-state index in [1.165, 1.54) is 0 Å². The van der Waals surface area contributed by atoms with Crippen molar-refractivity contribution in [3.05, 3.63) is 17.5 Å².